The van der Waals surface area contributed by atoms with Crippen molar-refractivity contribution in [2.45, 2.75) is 63.8 Å². The first-order valence-corrected chi connectivity index (χ1v) is 10.5. The van der Waals surface area contributed by atoms with Crippen LogP contribution in [0, 0.1) is 12.7 Å². The van der Waals surface area contributed by atoms with Gasteiger partial charge in [-0.1, -0.05) is 12.1 Å². The number of hydrogen-bond acceptors (Lipinski definition) is 4. The number of piperidine rings is 1. The SMILES string of the molecule is CCOc1cc(CN2[C@@H]3CC[C@H]2CC(O)(c2cccc(F)c2)C3)c(C)cc1OC. The molecule has 1 unspecified atom stereocenters. The van der Waals surface area contributed by atoms with Crippen LogP contribution in [0.4, 0.5) is 4.39 Å². The lowest BCUT2D eigenvalue weighted by Crippen LogP contribution is -2.49. The molecule has 2 fully saturated rings. The molecule has 0 aromatic heterocycles. The number of benzene rings is 2. The van der Waals surface area contributed by atoms with E-state index in [1.165, 1.54) is 23.3 Å². The summed E-state index contributed by atoms with van der Waals surface area (Å²) >= 11 is 0. The first-order chi connectivity index (χ1) is 13.9. The van der Waals surface area contributed by atoms with E-state index in [4.69, 9.17) is 9.47 Å². The van der Waals surface area contributed by atoms with E-state index in [1.54, 1.807) is 13.2 Å². The second-order valence-electron chi connectivity index (χ2n) is 8.37. The lowest BCUT2D eigenvalue weighted by atomic mass is 9.80. The Bertz CT molecular complexity index is 870. The van der Waals surface area contributed by atoms with E-state index in [0.717, 1.165) is 30.9 Å². The Morgan fingerprint density at radius 2 is 1.86 bits per heavy atom. The fourth-order valence-electron chi connectivity index (χ4n) is 5.09. The Labute approximate surface area is 172 Å². The molecule has 4 rings (SSSR count). The molecule has 0 spiro atoms. The summed E-state index contributed by atoms with van der Waals surface area (Å²) < 4.78 is 25.0. The molecule has 2 bridgehead atoms. The predicted molar refractivity (Wildman–Crippen MR) is 111 cm³/mol. The largest absolute Gasteiger partial charge is 0.493 e. The van der Waals surface area contributed by atoms with Gasteiger partial charge in [0.1, 0.15) is 5.82 Å². The number of aryl methyl sites for hydroxylation is 1. The summed E-state index contributed by atoms with van der Waals surface area (Å²) in [6.45, 7) is 5.48. The van der Waals surface area contributed by atoms with Crippen LogP contribution in [-0.4, -0.2) is 35.8 Å². The van der Waals surface area contributed by atoms with Gasteiger partial charge in [0.15, 0.2) is 11.5 Å². The highest BCUT2D eigenvalue weighted by Crippen LogP contribution is 2.46. The molecule has 29 heavy (non-hydrogen) atoms. The number of rotatable bonds is 6. The fraction of sp³-hybridized carbons (Fsp3) is 0.500. The van der Waals surface area contributed by atoms with Crippen LogP contribution < -0.4 is 9.47 Å². The molecule has 4 nitrogen and oxygen atoms in total. The minimum Gasteiger partial charge on any atom is -0.493 e. The maximum absolute atomic E-state index is 13.7. The third-order valence-electron chi connectivity index (χ3n) is 6.55. The lowest BCUT2D eigenvalue weighted by molar-refractivity contribution is -0.0597. The molecular formula is C24H30FNO3. The van der Waals surface area contributed by atoms with Gasteiger partial charge in [0.2, 0.25) is 0 Å². The molecule has 2 aliphatic heterocycles. The van der Waals surface area contributed by atoms with E-state index in [2.05, 4.69) is 17.9 Å². The van der Waals surface area contributed by atoms with Crippen LogP contribution in [0.5, 0.6) is 11.5 Å². The standard InChI is InChI=1S/C24H30FNO3/c1-4-29-23-11-17(16(2)10-22(23)28-3)15-26-20-8-9-21(26)14-24(27,13-20)18-6-5-7-19(25)12-18/h5-7,10-12,20-21,27H,4,8-9,13-15H2,1-3H3/t20-,21+,24?. The average molecular weight is 400 g/mol. The topological polar surface area (TPSA) is 41.9 Å². The number of aliphatic hydroxyl groups is 1. The Morgan fingerprint density at radius 1 is 1.14 bits per heavy atom. The van der Waals surface area contributed by atoms with E-state index in [0.29, 0.717) is 37.1 Å². The van der Waals surface area contributed by atoms with Gasteiger partial charge in [-0.25, -0.2) is 4.39 Å². The van der Waals surface area contributed by atoms with Gasteiger partial charge in [-0.15, -0.1) is 0 Å². The van der Waals surface area contributed by atoms with Crippen LogP contribution in [0.25, 0.3) is 0 Å². The van der Waals surface area contributed by atoms with Crippen LogP contribution in [-0.2, 0) is 12.1 Å². The molecule has 2 aromatic rings. The zero-order valence-corrected chi connectivity index (χ0v) is 17.5. The van der Waals surface area contributed by atoms with Crippen LogP contribution >= 0.6 is 0 Å². The van der Waals surface area contributed by atoms with Crippen molar-refractivity contribution in [3.8, 4) is 11.5 Å². The van der Waals surface area contributed by atoms with Gasteiger partial charge in [-0.05, 0) is 80.5 Å². The van der Waals surface area contributed by atoms with Crippen molar-refractivity contribution in [3.05, 3.63) is 58.9 Å². The maximum atomic E-state index is 13.7. The lowest BCUT2D eigenvalue weighted by Gasteiger charge is -2.44. The highest BCUT2D eigenvalue weighted by atomic mass is 19.1. The Balaban J connectivity index is 1.56. The first-order valence-electron chi connectivity index (χ1n) is 10.5. The van der Waals surface area contributed by atoms with Crippen LogP contribution in [0.2, 0.25) is 0 Å². The van der Waals surface area contributed by atoms with Gasteiger partial charge in [0.05, 0.1) is 19.3 Å². The first kappa shape index (κ1) is 20.2. The van der Waals surface area contributed by atoms with E-state index in [-0.39, 0.29) is 5.82 Å². The van der Waals surface area contributed by atoms with Crippen molar-refractivity contribution < 1.29 is 19.0 Å². The molecule has 3 atom stereocenters. The van der Waals surface area contributed by atoms with E-state index in [9.17, 15) is 9.50 Å². The number of nitrogens with zero attached hydrogens (tertiary/aromatic N) is 1. The van der Waals surface area contributed by atoms with E-state index < -0.39 is 5.60 Å². The molecule has 2 aromatic carbocycles. The predicted octanol–water partition coefficient (Wildman–Crippen LogP) is 4.56. The van der Waals surface area contributed by atoms with Crippen molar-refractivity contribution in [3.63, 3.8) is 0 Å². The monoisotopic (exact) mass is 399 g/mol. The van der Waals surface area contributed by atoms with Crippen molar-refractivity contribution >= 4 is 0 Å². The minimum absolute atomic E-state index is 0.289. The normalized spacial score (nSPS) is 26.5. The molecule has 5 heteroatoms. The van der Waals surface area contributed by atoms with Crippen molar-refractivity contribution in [2.24, 2.45) is 0 Å². The van der Waals surface area contributed by atoms with E-state index >= 15 is 0 Å². The van der Waals surface area contributed by atoms with Crippen LogP contribution in [0.3, 0.4) is 0 Å². The smallest absolute Gasteiger partial charge is 0.161 e. The molecule has 0 radical (unpaired) electrons. The highest BCUT2D eigenvalue weighted by Gasteiger charge is 2.48. The fourth-order valence-corrected chi connectivity index (χ4v) is 5.09. The molecule has 156 valence electrons. The van der Waals surface area contributed by atoms with Gasteiger partial charge in [-0.3, -0.25) is 4.90 Å². The van der Waals surface area contributed by atoms with Crippen LogP contribution in [0.15, 0.2) is 36.4 Å². The summed E-state index contributed by atoms with van der Waals surface area (Å²) in [6.07, 6.45) is 3.41. The number of hydrogen-bond donors (Lipinski definition) is 1. The Morgan fingerprint density at radius 3 is 2.48 bits per heavy atom. The number of methoxy groups -OCH3 is 1. The summed E-state index contributed by atoms with van der Waals surface area (Å²) in [6, 6.07) is 11.2. The van der Waals surface area contributed by atoms with Crippen molar-refractivity contribution in [1.29, 1.82) is 0 Å². The third-order valence-corrected chi connectivity index (χ3v) is 6.55. The molecule has 0 saturated carbocycles. The molecule has 0 aliphatic carbocycles. The number of ether oxygens (including phenoxy) is 2. The maximum Gasteiger partial charge on any atom is 0.161 e. The summed E-state index contributed by atoms with van der Waals surface area (Å²) in [7, 11) is 1.66. The number of halogens is 1. The second kappa shape index (κ2) is 7.96. The minimum atomic E-state index is -0.949. The summed E-state index contributed by atoms with van der Waals surface area (Å²) in [5.74, 6) is 1.24. The summed E-state index contributed by atoms with van der Waals surface area (Å²) in [5.41, 5.74) is 2.15. The molecule has 2 saturated heterocycles. The quantitative estimate of drug-likeness (QED) is 0.773. The summed E-state index contributed by atoms with van der Waals surface area (Å²) in [4.78, 5) is 2.51. The van der Waals surface area contributed by atoms with Crippen LogP contribution in [0.1, 0.15) is 49.3 Å². The molecule has 2 heterocycles. The Hall–Kier alpha value is -2.11. The van der Waals surface area contributed by atoms with Gasteiger partial charge >= 0.3 is 0 Å². The van der Waals surface area contributed by atoms with E-state index in [1.807, 2.05) is 19.1 Å². The summed E-state index contributed by atoms with van der Waals surface area (Å²) in [5, 5.41) is 11.3. The molecule has 0 amide bonds. The van der Waals surface area contributed by atoms with Gasteiger partial charge < -0.3 is 14.6 Å². The third kappa shape index (κ3) is 3.86. The molecule has 2 aliphatic rings. The van der Waals surface area contributed by atoms with Gasteiger partial charge in [-0.2, -0.15) is 0 Å². The zero-order chi connectivity index (χ0) is 20.6. The molecule has 1 N–H and O–H groups in total. The van der Waals surface area contributed by atoms with Gasteiger partial charge in [0, 0.05) is 18.6 Å². The Kier molecular flexibility index (Phi) is 5.54. The average Bonchev–Trinajstić information content (AvgIpc) is 2.94. The van der Waals surface area contributed by atoms with Crippen molar-refractivity contribution in [2.75, 3.05) is 13.7 Å². The zero-order valence-electron chi connectivity index (χ0n) is 17.5. The van der Waals surface area contributed by atoms with Gasteiger partial charge in [0.25, 0.3) is 0 Å². The second-order valence-corrected chi connectivity index (χ2v) is 8.37. The van der Waals surface area contributed by atoms with Crippen molar-refractivity contribution in [1.82, 2.24) is 4.90 Å². The number of fused-ring (bicyclic) bond motifs is 2. The molecular weight excluding hydrogens is 369 g/mol. The highest BCUT2D eigenvalue weighted by molar-refractivity contribution is 5.47.